The number of rotatable bonds is 3. The zero-order valence-corrected chi connectivity index (χ0v) is 11.4. The Kier molecular flexibility index (Phi) is 2.91. The highest BCUT2D eigenvalue weighted by Gasteiger charge is 2.19. The molecule has 5 nitrogen and oxygen atoms in total. The van der Waals surface area contributed by atoms with Crippen LogP contribution in [-0.2, 0) is 13.6 Å². The summed E-state index contributed by atoms with van der Waals surface area (Å²) < 4.78 is 12.9. The molecule has 0 bridgehead atoms. The molecule has 2 heterocycles. The number of nitrogens with one attached hydrogen (secondary N) is 1. The van der Waals surface area contributed by atoms with E-state index in [1.54, 1.807) is 0 Å². The average molecular weight is 259 g/mol. The maximum atomic E-state index is 5.45. The monoisotopic (exact) mass is 259 g/mol. The van der Waals surface area contributed by atoms with Gasteiger partial charge in [-0.2, -0.15) is 0 Å². The third-order valence-corrected chi connectivity index (χ3v) is 3.38. The minimum atomic E-state index is 0.295. The van der Waals surface area contributed by atoms with Gasteiger partial charge in [-0.1, -0.05) is 0 Å². The largest absolute Gasteiger partial charge is 0.454 e. The molecule has 0 aliphatic carbocycles. The SMILES string of the molecule is CNCc1c(-c2cc3c(cc2C)OCO3)ncn1C. The smallest absolute Gasteiger partial charge is 0.231 e. The van der Waals surface area contributed by atoms with Gasteiger partial charge in [0.05, 0.1) is 17.7 Å². The van der Waals surface area contributed by atoms with Crippen molar-refractivity contribution in [3.8, 4) is 22.8 Å². The molecule has 1 aliphatic rings. The van der Waals surface area contributed by atoms with Crippen LogP contribution in [0, 0.1) is 6.92 Å². The van der Waals surface area contributed by atoms with Crippen LogP contribution in [0.4, 0.5) is 0 Å². The van der Waals surface area contributed by atoms with Gasteiger partial charge in [0, 0.05) is 19.2 Å². The summed E-state index contributed by atoms with van der Waals surface area (Å²) in [5.41, 5.74) is 4.38. The van der Waals surface area contributed by atoms with Gasteiger partial charge in [-0.3, -0.25) is 0 Å². The summed E-state index contributed by atoms with van der Waals surface area (Å²) in [6.45, 7) is 3.14. The van der Waals surface area contributed by atoms with E-state index in [0.29, 0.717) is 6.79 Å². The number of aryl methyl sites for hydroxylation is 2. The summed E-state index contributed by atoms with van der Waals surface area (Å²) in [6.07, 6.45) is 1.84. The Hall–Kier alpha value is -2.01. The van der Waals surface area contributed by atoms with E-state index in [2.05, 4.69) is 17.2 Å². The summed E-state index contributed by atoms with van der Waals surface area (Å²) in [4.78, 5) is 4.52. The summed E-state index contributed by atoms with van der Waals surface area (Å²) in [7, 11) is 3.94. The van der Waals surface area contributed by atoms with Crippen molar-refractivity contribution in [3.05, 3.63) is 29.7 Å². The van der Waals surface area contributed by atoms with Crippen molar-refractivity contribution in [1.82, 2.24) is 14.9 Å². The van der Waals surface area contributed by atoms with Gasteiger partial charge in [-0.25, -0.2) is 4.98 Å². The third-order valence-electron chi connectivity index (χ3n) is 3.38. The highest BCUT2D eigenvalue weighted by atomic mass is 16.7. The molecular formula is C14H17N3O2. The predicted molar refractivity (Wildman–Crippen MR) is 72.3 cm³/mol. The maximum Gasteiger partial charge on any atom is 0.231 e. The Morgan fingerprint density at radius 2 is 2.05 bits per heavy atom. The first-order valence-electron chi connectivity index (χ1n) is 6.26. The molecule has 1 aromatic heterocycles. The molecule has 0 amide bonds. The van der Waals surface area contributed by atoms with Crippen LogP contribution >= 0.6 is 0 Å². The van der Waals surface area contributed by atoms with Crippen LogP contribution in [0.15, 0.2) is 18.5 Å². The van der Waals surface area contributed by atoms with E-state index in [1.165, 1.54) is 0 Å². The molecule has 1 aliphatic heterocycles. The van der Waals surface area contributed by atoms with Gasteiger partial charge in [0.2, 0.25) is 6.79 Å². The summed E-state index contributed by atoms with van der Waals surface area (Å²) in [6, 6.07) is 4.02. The van der Waals surface area contributed by atoms with Gasteiger partial charge < -0.3 is 19.4 Å². The average Bonchev–Trinajstić information content (AvgIpc) is 2.97. The van der Waals surface area contributed by atoms with Crippen LogP contribution in [0.25, 0.3) is 11.3 Å². The molecule has 0 saturated heterocycles. The molecule has 0 atom stereocenters. The topological polar surface area (TPSA) is 48.3 Å². The van der Waals surface area contributed by atoms with E-state index >= 15 is 0 Å². The van der Waals surface area contributed by atoms with Crippen molar-refractivity contribution in [2.24, 2.45) is 7.05 Å². The molecule has 5 heteroatoms. The Morgan fingerprint density at radius 3 is 2.79 bits per heavy atom. The quantitative estimate of drug-likeness (QED) is 0.913. The van der Waals surface area contributed by atoms with Crippen molar-refractivity contribution in [1.29, 1.82) is 0 Å². The summed E-state index contributed by atoms with van der Waals surface area (Å²) >= 11 is 0. The molecule has 0 saturated carbocycles. The molecule has 1 N–H and O–H groups in total. The van der Waals surface area contributed by atoms with Gasteiger partial charge in [0.1, 0.15) is 0 Å². The van der Waals surface area contributed by atoms with Crippen LogP contribution in [0.3, 0.4) is 0 Å². The van der Waals surface area contributed by atoms with E-state index in [9.17, 15) is 0 Å². The predicted octanol–water partition coefficient (Wildman–Crippen LogP) is 1.84. The number of ether oxygens (including phenoxy) is 2. The molecule has 1 aromatic carbocycles. The number of benzene rings is 1. The van der Waals surface area contributed by atoms with Gasteiger partial charge in [-0.15, -0.1) is 0 Å². The van der Waals surface area contributed by atoms with Crippen LogP contribution < -0.4 is 14.8 Å². The lowest BCUT2D eigenvalue weighted by Crippen LogP contribution is -2.10. The van der Waals surface area contributed by atoms with Gasteiger partial charge in [-0.05, 0) is 31.7 Å². The third kappa shape index (κ3) is 1.96. The molecule has 0 unspecified atom stereocenters. The first kappa shape index (κ1) is 12.0. The van der Waals surface area contributed by atoms with E-state index in [-0.39, 0.29) is 0 Å². The first-order chi connectivity index (χ1) is 9.20. The second-order valence-corrected chi connectivity index (χ2v) is 4.70. The molecular weight excluding hydrogens is 242 g/mol. The number of hydrogen-bond acceptors (Lipinski definition) is 4. The number of imidazole rings is 1. The molecule has 3 rings (SSSR count). The standard InChI is InChI=1S/C14H17N3O2/c1-9-4-12-13(19-8-18-12)5-10(9)14-11(6-15-2)17(3)7-16-14/h4-5,7,15H,6,8H2,1-3H3. The normalized spacial score (nSPS) is 13.0. The lowest BCUT2D eigenvalue weighted by atomic mass is 10.0. The van der Waals surface area contributed by atoms with Crippen LogP contribution in [0.2, 0.25) is 0 Å². The highest BCUT2D eigenvalue weighted by molar-refractivity contribution is 5.70. The van der Waals surface area contributed by atoms with Gasteiger partial charge >= 0.3 is 0 Å². The van der Waals surface area contributed by atoms with E-state index in [4.69, 9.17) is 9.47 Å². The van der Waals surface area contributed by atoms with Crippen LogP contribution in [-0.4, -0.2) is 23.4 Å². The Morgan fingerprint density at radius 1 is 1.32 bits per heavy atom. The molecule has 19 heavy (non-hydrogen) atoms. The molecule has 0 fully saturated rings. The van der Waals surface area contributed by atoms with Crippen molar-refractivity contribution in [3.63, 3.8) is 0 Å². The fourth-order valence-corrected chi connectivity index (χ4v) is 2.36. The lowest BCUT2D eigenvalue weighted by Gasteiger charge is -2.09. The Balaban J connectivity index is 2.12. The minimum Gasteiger partial charge on any atom is -0.454 e. The van der Waals surface area contributed by atoms with Crippen molar-refractivity contribution < 1.29 is 9.47 Å². The zero-order valence-electron chi connectivity index (χ0n) is 11.4. The van der Waals surface area contributed by atoms with Crippen molar-refractivity contribution >= 4 is 0 Å². The maximum absolute atomic E-state index is 5.45. The number of aromatic nitrogens is 2. The minimum absolute atomic E-state index is 0.295. The summed E-state index contributed by atoms with van der Waals surface area (Å²) in [5, 5.41) is 3.18. The summed E-state index contributed by atoms with van der Waals surface area (Å²) in [5.74, 6) is 1.61. The van der Waals surface area contributed by atoms with Gasteiger partial charge in [0.15, 0.2) is 11.5 Å². The first-order valence-corrected chi connectivity index (χ1v) is 6.26. The Labute approximate surface area is 112 Å². The number of fused-ring (bicyclic) bond motifs is 1. The molecule has 100 valence electrons. The van der Waals surface area contributed by atoms with E-state index in [1.807, 2.05) is 37.1 Å². The fourth-order valence-electron chi connectivity index (χ4n) is 2.36. The second-order valence-electron chi connectivity index (χ2n) is 4.70. The molecule has 0 radical (unpaired) electrons. The van der Waals surface area contributed by atoms with Crippen LogP contribution in [0.5, 0.6) is 11.5 Å². The van der Waals surface area contributed by atoms with Crippen molar-refractivity contribution in [2.45, 2.75) is 13.5 Å². The van der Waals surface area contributed by atoms with E-state index in [0.717, 1.165) is 40.6 Å². The fraction of sp³-hybridized carbons (Fsp3) is 0.357. The van der Waals surface area contributed by atoms with Crippen molar-refractivity contribution in [2.75, 3.05) is 13.8 Å². The number of hydrogen-bond donors (Lipinski definition) is 1. The molecule has 0 spiro atoms. The van der Waals surface area contributed by atoms with Crippen LogP contribution in [0.1, 0.15) is 11.3 Å². The zero-order chi connectivity index (χ0) is 13.4. The lowest BCUT2D eigenvalue weighted by molar-refractivity contribution is 0.174. The Bertz CT molecular complexity index is 619. The highest BCUT2D eigenvalue weighted by Crippen LogP contribution is 2.38. The second kappa shape index (κ2) is 4.59. The van der Waals surface area contributed by atoms with E-state index < -0.39 is 0 Å². The number of nitrogens with zero attached hydrogens (tertiary/aromatic N) is 2. The van der Waals surface area contributed by atoms with Gasteiger partial charge in [0.25, 0.3) is 0 Å². The molecule has 2 aromatic rings.